The monoisotopic (exact) mass is 425 g/mol. The highest BCUT2D eigenvalue weighted by Crippen LogP contribution is 2.24. The maximum atomic E-state index is 12.9. The Labute approximate surface area is 177 Å². The summed E-state index contributed by atoms with van der Waals surface area (Å²) in [6.45, 7) is 2.66. The molecule has 4 rings (SSSR count). The van der Waals surface area contributed by atoms with Gasteiger partial charge in [0.2, 0.25) is 15.9 Å². The Hall–Kier alpha value is -2.64. The third-order valence-electron chi connectivity index (χ3n) is 5.73. The molecular formula is C23H27N3O3S. The molecule has 0 unspecified atom stereocenters. The molecule has 30 heavy (non-hydrogen) atoms. The summed E-state index contributed by atoms with van der Waals surface area (Å²) in [4.78, 5) is 16.4. The van der Waals surface area contributed by atoms with E-state index >= 15 is 0 Å². The van der Waals surface area contributed by atoms with Crippen molar-refractivity contribution in [3.05, 3.63) is 66.4 Å². The molecule has 3 aromatic rings. The highest BCUT2D eigenvalue weighted by Gasteiger charge is 2.33. The van der Waals surface area contributed by atoms with Crippen molar-refractivity contribution in [3.63, 3.8) is 0 Å². The van der Waals surface area contributed by atoms with E-state index in [1.54, 1.807) is 30.3 Å². The van der Waals surface area contributed by atoms with Crippen LogP contribution in [0.3, 0.4) is 0 Å². The van der Waals surface area contributed by atoms with Gasteiger partial charge in [-0.3, -0.25) is 4.79 Å². The molecule has 1 aromatic heterocycles. The van der Waals surface area contributed by atoms with E-state index in [1.807, 2.05) is 31.3 Å². The second-order valence-electron chi connectivity index (χ2n) is 7.99. The van der Waals surface area contributed by atoms with Crippen LogP contribution in [-0.4, -0.2) is 42.7 Å². The van der Waals surface area contributed by atoms with Gasteiger partial charge >= 0.3 is 0 Å². The standard InChI is InChI=1S/C23H27N3O3S/c1-17(14-19-15-24-22-12-6-5-11-21(19)22)25-23(27)18-8-7-13-26(16-18)30(28,29)20-9-3-2-4-10-20/h2-6,9-12,15,17-18,24H,7-8,13-14,16H2,1H3,(H,25,27)/t17-,18+/m1/s1. The molecule has 7 heteroatoms. The molecule has 0 bridgehead atoms. The van der Waals surface area contributed by atoms with Crippen LogP contribution >= 0.6 is 0 Å². The van der Waals surface area contributed by atoms with E-state index in [9.17, 15) is 13.2 Å². The minimum absolute atomic E-state index is 0.0437. The van der Waals surface area contributed by atoms with Gasteiger partial charge < -0.3 is 10.3 Å². The number of sulfonamides is 1. The number of aromatic amines is 1. The molecule has 2 N–H and O–H groups in total. The van der Waals surface area contributed by atoms with Crippen molar-refractivity contribution >= 4 is 26.8 Å². The number of aromatic nitrogens is 1. The van der Waals surface area contributed by atoms with E-state index in [4.69, 9.17) is 0 Å². The van der Waals surface area contributed by atoms with Crippen LogP contribution in [0.15, 0.2) is 65.7 Å². The molecule has 0 spiro atoms. The zero-order valence-electron chi connectivity index (χ0n) is 17.0. The number of nitrogens with one attached hydrogen (secondary N) is 2. The van der Waals surface area contributed by atoms with E-state index < -0.39 is 10.0 Å². The molecular weight excluding hydrogens is 398 g/mol. The van der Waals surface area contributed by atoms with Gasteiger partial charge in [0.05, 0.1) is 10.8 Å². The van der Waals surface area contributed by atoms with Crippen molar-refractivity contribution in [2.75, 3.05) is 13.1 Å². The summed E-state index contributed by atoms with van der Waals surface area (Å²) in [5, 5.41) is 4.25. The molecule has 0 aliphatic carbocycles. The second kappa shape index (κ2) is 8.62. The Bertz CT molecular complexity index is 1120. The molecule has 0 saturated carbocycles. The number of fused-ring (bicyclic) bond motifs is 1. The van der Waals surface area contributed by atoms with Crippen molar-refractivity contribution in [2.24, 2.45) is 5.92 Å². The number of rotatable bonds is 6. The fourth-order valence-corrected chi connectivity index (χ4v) is 5.70. The molecule has 2 aromatic carbocycles. The largest absolute Gasteiger partial charge is 0.361 e. The number of amides is 1. The SMILES string of the molecule is C[C@H](Cc1c[nH]c2ccccc12)NC(=O)[C@H]1CCCN(S(=O)(=O)c2ccccc2)C1. The van der Waals surface area contributed by atoms with Crippen LogP contribution in [0.2, 0.25) is 0 Å². The number of benzene rings is 2. The minimum atomic E-state index is -3.57. The molecule has 6 nitrogen and oxygen atoms in total. The van der Waals surface area contributed by atoms with Gasteiger partial charge in [-0.2, -0.15) is 4.31 Å². The number of hydrogen-bond donors (Lipinski definition) is 2. The molecule has 0 radical (unpaired) electrons. The predicted molar refractivity (Wildman–Crippen MR) is 118 cm³/mol. The average molecular weight is 426 g/mol. The van der Waals surface area contributed by atoms with Crippen molar-refractivity contribution in [1.82, 2.24) is 14.6 Å². The van der Waals surface area contributed by atoms with Gasteiger partial charge in [0.25, 0.3) is 0 Å². The van der Waals surface area contributed by atoms with E-state index in [-0.39, 0.29) is 29.3 Å². The summed E-state index contributed by atoms with van der Waals surface area (Å²) in [7, 11) is -3.57. The number of nitrogens with zero attached hydrogens (tertiary/aromatic N) is 1. The fourth-order valence-electron chi connectivity index (χ4n) is 4.16. The van der Waals surface area contributed by atoms with Crippen LogP contribution in [0.1, 0.15) is 25.3 Å². The van der Waals surface area contributed by atoms with E-state index in [0.29, 0.717) is 25.8 Å². The summed E-state index contributed by atoms with van der Waals surface area (Å²) < 4.78 is 27.3. The van der Waals surface area contributed by atoms with Crippen LogP contribution in [0, 0.1) is 5.92 Å². The predicted octanol–water partition coefficient (Wildman–Crippen LogP) is 3.32. The number of para-hydroxylation sites is 1. The topological polar surface area (TPSA) is 82.3 Å². The van der Waals surface area contributed by atoms with Crippen LogP contribution in [0.4, 0.5) is 0 Å². The first-order valence-electron chi connectivity index (χ1n) is 10.4. The average Bonchev–Trinajstić information content (AvgIpc) is 3.17. The number of hydrogen-bond acceptors (Lipinski definition) is 3. The normalized spacial score (nSPS) is 18.9. The molecule has 1 fully saturated rings. The minimum Gasteiger partial charge on any atom is -0.361 e. The molecule has 1 saturated heterocycles. The summed E-state index contributed by atoms with van der Waals surface area (Å²) in [5.41, 5.74) is 2.25. The highest BCUT2D eigenvalue weighted by molar-refractivity contribution is 7.89. The summed E-state index contributed by atoms with van der Waals surface area (Å²) in [5.74, 6) is -0.405. The zero-order valence-corrected chi connectivity index (χ0v) is 17.9. The molecule has 1 amide bonds. The van der Waals surface area contributed by atoms with Crippen molar-refractivity contribution < 1.29 is 13.2 Å². The van der Waals surface area contributed by atoms with Crippen molar-refractivity contribution in [3.8, 4) is 0 Å². The maximum absolute atomic E-state index is 12.9. The van der Waals surface area contributed by atoms with Gasteiger partial charge in [-0.15, -0.1) is 0 Å². The van der Waals surface area contributed by atoms with E-state index in [2.05, 4.69) is 16.4 Å². The quantitative estimate of drug-likeness (QED) is 0.636. The van der Waals surface area contributed by atoms with Gasteiger partial charge in [0.15, 0.2) is 0 Å². The van der Waals surface area contributed by atoms with E-state index in [0.717, 1.165) is 16.5 Å². The number of H-pyrrole nitrogens is 1. The van der Waals surface area contributed by atoms with Gasteiger partial charge in [-0.25, -0.2) is 8.42 Å². The molecule has 1 aliphatic heterocycles. The van der Waals surface area contributed by atoms with Crippen molar-refractivity contribution in [2.45, 2.75) is 37.1 Å². The maximum Gasteiger partial charge on any atom is 0.243 e. The lowest BCUT2D eigenvalue weighted by molar-refractivity contribution is -0.126. The Kier molecular flexibility index (Phi) is 5.92. The first-order valence-corrected chi connectivity index (χ1v) is 11.8. The summed E-state index contributed by atoms with van der Waals surface area (Å²) in [6, 6.07) is 16.5. The number of carbonyl (C=O) groups excluding carboxylic acids is 1. The Morgan fingerprint density at radius 1 is 1.17 bits per heavy atom. The molecule has 1 aliphatic rings. The first kappa shape index (κ1) is 20.6. The smallest absolute Gasteiger partial charge is 0.243 e. The lowest BCUT2D eigenvalue weighted by atomic mass is 9.98. The molecule has 2 atom stereocenters. The molecule has 2 heterocycles. The van der Waals surface area contributed by atoms with Gasteiger partial charge in [-0.05, 0) is 49.9 Å². The lowest BCUT2D eigenvalue weighted by Gasteiger charge is -2.31. The fraction of sp³-hybridized carbons (Fsp3) is 0.348. The third kappa shape index (κ3) is 4.27. The summed E-state index contributed by atoms with van der Waals surface area (Å²) in [6.07, 6.45) is 4.09. The van der Waals surface area contributed by atoms with E-state index in [1.165, 1.54) is 4.31 Å². The Morgan fingerprint density at radius 2 is 1.90 bits per heavy atom. The first-order chi connectivity index (χ1) is 14.4. The van der Waals surface area contributed by atoms with Gasteiger partial charge in [0, 0.05) is 36.2 Å². The number of carbonyl (C=O) groups is 1. The van der Waals surface area contributed by atoms with Crippen LogP contribution in [-0.2, 0) is 21.2 Å². The zero-order chi connectivity index (χ0) is 21.1. The Morgan fingerprint density at radius 3 is 2.70 bits per heavy atom. The van der Waals surface area contributed by atoms with Gasteiger partial charge in [0.1, 0.15) is 0 Å². The third-order valence-corrected chi connectivity index (χ3v) is 7.60. The second-order valence-corrected chi connectivity index (χ2v) is 9.93. The van der Waals surface area contributed by atoms with Gasteiger partial charge in [-0.1, -0.05) is 36.4 Å². The number of piperidine rings is 1. The van der Waals surface area contributed by atoms with Crippen LogP contribution < -0.4 is 5.32 Å². The lowest BCUT2D eigenvalue weighted by Crippen LogP contribution is -2.47. The van der Waals surface area contributed by atoms with Crippen molar-refractivity contribution in [1.29, 1.82) is 0 Å². The Balaban J connectivity index is 1.39. The highest BCUT2D eigenvalue weighted by atomic mass is 32.2. The molecule has 158 valence electrons. The van der Waals surface area contributed by atoms with Crippen LogP contribution in [0.25, 0.3) is 10.9 Å². The summed E-state index contributed by atoms with van der Waals surface area (Å²) >= 11 is 0. The van der Waals surface area contributed by atoms with Crippen LogP contribution in [0.5, 0.6) is 0 Å².